The van der Waals surface area contributed by atoms with E-state index in [0.29, 0.717) is 39.3 Å². The maximum atomic E-state index is 12.5. The number of halogens is 2. The minimum atomic E-state index is -0.666. The second kappa shape index (κ2) is 12.3. The maximum absolute atomic E-state index is 12.5. The van der Waals surface area contributed by atoms with Crippen LogP contribution >= 0.6 is 23.2 Å². The molecule has 1 aliphatic heterocycles. The van der Waals surface area contributed by atoms with Crippen LogP contribution in [0.2, 0.25) is 10.0 Å². The van der Waals surface area contributed by atoms with Gasteiger partial charge in [-0.1, -0.05) is 53.5 Å². The van der Waals surface area contributed by atoms with Gasteiger partial charge in [0, 0.05) is 31.3 Å². The molecular formula is C27H28Cl2N2O4. The van der Waals surface area contributed by atoms with Crippen LogP contribution in [-0.2, 0) is 0 Å². The second-order valence-corrected chi connectivity index (χ2v) is 9.29. The topological polar surface area (TPSA) is 71.0 Å². The van der Waals surface area contributed by atoms with Crippen molar-refractivity contribution in [2.75, 3.05) is 31.6 Å². The minimum absolute atomic E-state index is 0.0944. The first-order valence-electron chi connectivity index (χ1n) is 11.6. The Balaban J connectivity index is 1.22. The summed E-state index contributed by atoms with van der Waals surface area (Å²) in [5.74, 6) is 1.02. The molecule has 1 atom stereocenters. The van der Waals surface area contributed by atoms with Crippen molar-refractivity contribution in [1.29, 1.82) is 0 Å². The van der Waals surface area contributed by atoms with E-state index in [1.165, 1.54) is 0 Å². The van der Waals surface area contributed by atoms with Crippen LogP contribution in [0.25, 0.3) is 0 Å². The van der Waals surface area contributed by atoms with Crippen molar-refractivity contribution in [3.8, 4) is 11.5 Å². The number of rotatable bonds is 9. The average molecular weight is 515 g/mol. The van der Waals surface area contributed by atoms with Crippen molar-refractivity contribution in [2.45, 2.75) is 25.0 Å². The summed E-state index contributed by atoms with van der Waals surface area (Å²) >= 11 is 12.0. The van der Waals surface area contributed by atoms with E-state index in [2.05, 4.69) is 10.2 Å². The Kier molecular flexibility index (Phi) is 8.88. The number of nitrogens with one attached hydrogen (secondary N) is 1. The number of carbonyl (C=O) groups is 1. The van der Waals surface area contributed by atoms with E-state index in [4.69, 9.17) is 32.7 Å². The SMILES string of the molecule is O=C(Nc1ccccc1OCC(O)CN1CCC(Oc2ccc(Cl)c(Cl)c2)CC1)c1ccccc1. The molecule has 0 bridgehead atoms. The van der Waals surface area contributed by atoms with E-state index in [1.54, 1.807) is 36.4 Å². The van der Waals surface area contributed by atoms with E-state index in [9.17, 15) is 9.90 Å². The zero-order valence-electron chi connectivity index (χ0n) is 19.2. The van der Waals surface area contributed by atoms with Crippen LogP contribution in [0.4, 0.5) is 5.69 Å². The standard InChI is InChI=1S/C27H28Cl2N2O4/c28-23-11-10-22(16-24(23)29)35-21-12-14-31(15-13-21)17-20(32)18-34-26-9-5-4-8-25(26)30-27(33)19-6-2-1-3-7-19/h1-11,16,20-21,32H,12-15,17-18H2,(H,30,33). The van der Waals surface area contributed by atoms with Crippen LogP contribution in [0, 0.1) is 0 Å². The van der Waals surface area contributed by atoms with Crippen molar-refractivity contribution in [2.24, 2.45) is 0 Å². The second-order valence-electron chi connectivity index (χ2n) is 8.47. The summed E-state index contributed by atoms with van der Waals surface area (Å²) in [5.41, 5.74) is 1.13. The lowest BCUT2D eigenvalue weighted by Gasteiger charge is -2.33. The maximum Gasteiger partial charge on any atom is 0.255 e. The fraction of sp³-hybridized carbons (Fsp3) is 0.296. The first-order chi connectivity index (χ1) is 17.0. The smallest absolute Gasteiger partial charge is 0.255 e. The molecule has 1 saturated heterocycles. The van der Waals surface area contributed by atoms with E-state index in [0.717, 1.165) is 25.9 Å². The third-order valence-corrected chi connectivity index (χ3v) is 6.54. The first-order valence-corrected chi connectivity index (χ1v) is 12.3. The minimum Gasteiger partial charge on any atom is -0.490 e. The molecule has 8 heteroatoms. The Morgan fingerprint density at radius 3 is 2.46 bits per heavy atom. The number of hydrogen-bond donors (Lipinski definition) is 2. The number of carbonyl (C=O) groups excluding carboxylic acids is 1. The highest BCUT2D eigenvalue weighted by Gasteiger charge is 2.23. The number of aliphatic hydroxyl groups is 1. The lowest BCUT2D eigenvalue weighted by Crippen LogP contribution is -2.43. The van der Waals surface area contributed by atoms with E-state index in [1.807, 2.05) is 36.4 Å². The summed E-state index contributed by atoms with van der Waals surface area (Å²) in [4.78, 5) is 14.7. The van der Waals surface area contributed by atoms with Crippen LogP contribution < -0.4 is 14.8 Å². The Morgan fingerprint density at radius 1 is 1.00 bits per heavy atom. The van der Waals surface area contributed by atoms with Crippen molar-refractivity contribution >= 4 is 34.8 Å². The number of nitrogens with zero attached hydrogens (tertiary/aromatic N) is 1. The van der Waals surface area contributed by atoms with Crippen molar-refractivity contribution in [3.63, 3.8) is 0 Å². The van der Waals surface area contributed by atoms with Crippen LogP contribution in [-0.4, -0.2) is 54.4 Å². The summed E-state index contributed by atoms with van der Waals surface area (Å²) in [6, 6.07) is 21.5. The molecule has 1 unspecified atom stereocenters. The molecule has 2 N–H and O–H groups in total. The lowest BCUT2D eigenvalue weighted by atomic mass is 10.1. The zero-order chi connectivity index (χ0) is 24.6. The quantitative estimate of drug-likeness (QED) is 0.392. The van der Waals surface area contributed by atoms with Crippen molar-refractivity contribution < 1.29 is 19.4 Å². The number of para-hydroxylation sites is 2. The predicted octanol–water partition coefficient (Wildman–Crippen LogP) is 5.53. The van der Waals surface area contributed by atoms with Gasteiger partial charge in [0.15, 0.2) is 0 Å². The molecule has 0 spiro atoms. The Bertz CT molecular complexity index is 1120. The zero-order valence-corrected chi connectivity index (χ0v) is 20.7. The molecule has 0 aliphatic carbocycles. The van der Waals surface area contributed by atoms with E-state index in [-0.39, 0.29) is 18.6 Å². The molecule has 35 heavy (non-hydrogen) atoms. The molecule has 0 saturated carbocycles. The number of β-amino-alcohol motifs (C(OH)–C–C–N with tert-alkyl or cyclic N) is 1. The summed E-state index contributed by atoms with van der Waals surface area (Å²) in [7, 11) is 0. The van der Waals surface area contributed by atoms with E-state index < -0.39 is 6.10 Å². The molecule has 1 heterocycles. The highest BCUT2D eigenvalue weighted by atomic mass is 35.5. The van der Waals surface area contributed by atoms with Crippen LogP contribution in [0.1, 0.15) is 23.2 Å². The third kappa shape index (κ3) is 7.36. The molecule has 184 valence electrons. The summed E-state index contributed by atoms with van der Waals surface area (Å²) in [5, 5.41) is 14.4. The number of piperidine rings is 1. The van der Waals surface area contributed by atoms with Crippen molar-refractivity contribution in [1.82, 2.24) is 4.90 Å². The van der Waals surface area contributed by atoms with Crippen molar-refractivity contribution in [3.05, 3.63) is 88.4 Å². The van der Waals surface area contributed by atoms with Gasteiger partial charge < -0.3 is 24.8 Å². The van der Waals surface area contributed by atoms with Gasteiger partial charge in [-0.25, -0.2) is 0 Å². The number of ether oxygens (including phenoxy) is 2. The lowest BCUT2D eigenvalue weighted by molar-refractivity contribution is 0.0403. The fourth-order valence-electron chi connectivity index (χ4n) is 3.97. The highest BCUT2D eigenvalue weighted by molar-refractivity contribution is 6.42. The monoisotopic (exact) mass is 514 g/mol. The molecular weight excluding hydrogens is 487 g/mol. The third-order valence-electron chi connectivity index (χ3n) is 5.80. The Hall–Kier alpha value is -2.77. The molecule has 0 aromatic heterocycles. The van der Waals surface area contributed by atoms with Gasteiger partial charge in [-0.15, -0.1) is 0 Å². The van der Waals surface area contributed by atoms with Gasteiger partial charge in [-0.3, -0.25) is 4.79 Å². The van der Waals surface area contributed by atoms with Crippen LogP contribution in [0.5, 0.6) is 11.5 Å². The average Bonchev–Trinajstić information content (AvgIpc) is 2.87. The summed E-state index contributed by atoms with van der Waals surface area (Å²) < 4.78 is 11.9. The number of likely N-dealkylation sites (tertiary alicyclic amines) is 1. The van der Waals surface area contributed by atoms with Gasteiger partial charge in [0.25, 0.3) is 5.91 Å². The summed E-state index contributed by atoms with van der Waals surface area (Å²) in [6.07, 6.45) is 1.13. The molecule has 0 radical (unpaired) electrons. The Morgan fingerprint density at radius 2 is 1.71 bits per heavy atom. The Labute approximate surface area is 215 Å². The largest absolute Gasteiger partial charge is 0.490 e. The number of benzene rings is 3. The van der Waals surface area contributed by atoms with Gasteiger partial charge in [-0.05, 0) is 49.2 Å². The molecule has 4 rings (SSSR count). The highest BCUT2D eigenvalue weighted by Crippen LogP contribution is 2.28. The van der Waals surface area contributed by atoms with Gasteiger partial charge in [0.1, 0.15) is 30.3 Å². The molecule has 3 aromatic rings. The molecule has 1 fully saturated rings. The van der Waals surface area contributed by atoms with Crippen LogP contribution in [0.15, 0.2) is 72.8 Å². The predicted molar refractivity (Wildman–Crippen MR) is 139 cm³/mol. The van der Waals surface area contributed by atoms with E-state index >= 15 is 0 Å². The molecule has 1 aliphatic rings. The normalized spacial score (nSPS) is 15.4. The molecule has 3 aromatic carbocycles. The van der Waals surface area contributed by atoms with Gasteiger partial charge in [-0.2, -0.15) is 0 Å². The molecule has 6 nitrogen and oxygen atoms in total. The number of amides is 1. The number of aliphatic hydroxyl groups excluding tert-OH is 1. The van der Waals surface area contributed by atoms with Gasteiger partial charge >= 0.3 is 0 Å². The van der Waals surface area contributed by atoms with Gasteiger partial charge in [0.05, 0.1) is 15.7 Å². The number of anilines is 1. The molecule has 1 amide bonds. The van der Waals surface area contributed by atoms with Gasteiger partial charge in [0.2, 0.25) is 0 Å². The first kappa shape index (κ1) is 25.3. The summed E-state index contributed by atoms with van der Waals surface area (Å²) in [6.45, 7) is 2.25. The fourth-order valence-corrected chi connectivity index (χ4v) is 4.26. The van der Waals surface area contributed by atoms with Crippen LogP contribution in [0.3, 0.4) is 0 Å². The number of hydrogen-bond acceptors (Lipinski definition) is 5.